The van der Waals surface area contributed by atoms with E-state index in [1.54, 1.807) is 11.8 Å². The standard InChI is InChI=1S/C13H24N2OS/c1-10(6-7-11-4-2-3-5-11)15-13(16)12-8-17-9-14-12/h10-12,14H,2-9H2,1H3,(H,15,16)/t10-,12-/m0/s1. The lowest BCUT2D eigenvalue weighted by molar-refractivity contribution is -0.123. The third-order valence-corrected chi connectivity index (χ3v) is 4.84. The smallest absolute Gasteiger partial charge is 0.238 e. The van der Waals surface area contributed by atoms with Gasteiger partial charge in [0.15, 0.2) is 0 Å². The SMILES string of the molecule is C[C@@H](CCC1CCCC1)NC(=O)[C@@H]1CSCN1. The lowest BCUT2D eigenvalue weighted by Crippen LogP contribution is -2.45. The van der Waals surface area contributed by atoms with E-state index < -0.39 is 0 Å². The molecule has 0 radical (unpaired) electrons. The summed E-state index contributed by atoms with van der Waals surface area (Å²) < 4.78 is 0. The van der Waals surface area contributed by atoms with Crippen LogP contribution in [-0.2, 0) is 4.79 Å². The van der Waals surface area contributed by atoms with Gasteiger partial charge in [0.2, 0.25) is 5.91 Å². The van der Waals surface area contributed by atoms with E-state index in [4.69, 9.17) is 0 Å². The molecule has 0 aromatic carbocycles. The molecule has 0 aromatic rings. The first-order valence-electron chi connectivity index (χ1n) is 6.87. The number of rotatable bonds is 5. The quantitative estimate of drug-likeness (QED) is 0.792. The molecule has 1 amide bonds. The van der Waals surface area contributed by atoms with Gasteiger partial charge in [-0.3, -0.25) is 10.1 Å². The molecule has 1 heterocycles. The van der Waals surface area contributed by atoms with E-state index in [0.717, 1.165) is 24.0 Å². The van der Waals surface area contributed by atoms with E-state index in [0.29, 0.717) is 6.04 Å². The zero-order chi connectivity index (χ0) is 12.1. The summed E-state index contributed by atoms with van der Waals surface area (Å²) >= 11 is 1.80. The van der Waals surface area contributed by atoms with Crippen LogP contribution in [0.4, 0.5) is 0 Å². The largest absolute Gasteiger partial charge is 0.352 e. The number of thioether (sulfide) groups is 1. The van der Waals surface area contributed by atoms with Crippen molar-refractivity contribution in [2.45, 2.75) is 57.5 Å². The maximum Gasteiger partial charge on any atom is 0.238 e. The molecule has 0 unspecified atom stereocenters. The highest BCUT2D eigenvalue weighted by Gasteiger charge is 2.23. The molecule has 98 valence electrons. The van der Waals surface area contributed by atoms with Gasteiger partial charge in [0.05, 0.1) is 6.04 Å². The Hall–Kier alpha value is -0.220. The Bertz CT molecular complexity index is 248. The van der Waals surface area contributed by atoms with Crippen LogP contribution in [0.1, 0.15) is 45.4 Å². The molecule has 2 aliphatic rings. The van der Waals surface area contributed by atoms with Crippen molar-refractivity contribution < 1.29 is 4.79 Å². The van der Waals surface area contributed by atoms with Crippen molar-refractivity contribution in [3.8, 4) is 0 Å². The molecular weight excluding hydrogens is 232 g/mol. The second-order valence-corrected chi connectivity index (χ2v) is 6.44. The van der Waals surface area contributed by atoms with Crippen molar-refractivity contribution in [2.24, 2.45) is 5.92 Å². The minimum atomic E-state index is 0.0360. The van der Waals surface area contributed by atoms with Crippen LogP contribution in [0.25, 0.3) is 0 Å². The van der Waals surface area contributed by atoms with Crippen molar-refractivity contribution in [2.75, 3.05) is 11.6 Å². The molecule has 1 saturated carbocycles. The minimum absolute atomic E-state index is 0.0360. The predicted molar refractivity (Wildman–Crippen MR) is 73.0 cm³/mol. The summed E-state index contributed by atoms with van der Waals surface area (Å²) in [7, 11) is 0. The Morgan fingerprint density at radius 1 is 1.47 bits per heavy atom. The first kappa shape index (κ1) is 13.2. The maximum atomic E-state index is 11.9. The molecule has 2 N–H and O–H groups in total. The molecule has 1 aliphatic carbocycles. The molecule has 0 bridgehead atoms. The molecule has 2 atom stereocenters. The van der Waals surface area contributed by atoms with Gasteiger partial charge in [-0.1, -0.05) is 25.7 Å². The summed E-state index contributed by atoms with van der Waals surface area (Å²) in [4.78, 5) is 11.9. The first-order valence-corrected chi connectivity index (χ1v) is 8.02. The Kier molecular flexibility index (Phi) is 5.16. The summed E-state index contributed by atoms with van der Waals surface area (Å²) in [5, 5.41) is 6.34. The van der Waals surface area contributed by atoms with Crippen LogP contribution >= 0.6 is 11.8 Å². The number of carbonyl (C=O) groups excluding carboxylic acids is 1. The lowest BCUT2D eigenvalue weighted by atomic mass is 9.99. The van der Waals surface area contributed by atoms with Gasteiger partial charge in [-0.05, 0) is 25.7 Å². The monoisotopic (exact) mass is 256 g/mol. The van der Waals surface area contributed by atoms with Gasteiger partial charge in [0, 0.05) is 17.7 Å². The molecule has 1 saturated heterocycles. The summed E-state index contributed by atoms with van der Waals surface area (Å²) in [5.41, 5.74) is 0. The summed E-state index contributed by atoms with van der Waals surface area (Å²) in [6, 6.07) is 0.365. The van der Waals surface area contributed by atoms with Crippen molar-refractivity contribution >= 4 is 17.7 Å². The second kappa shape index (κ2) is 6.64. The van der Waals surface area contributed by atoms with Gasteiger partial charge in [0.1, 0.15) is 0 Å². The number of amides is 1. The highest BCUT2D eigenvalue weighted by Crippen LogP contribution is 2.28. The molecule has 0 aromatic heterocycles. The Balaban J connectivity index is 1.62. The number of hydrogen-bond acceptors (Lipinski definition) is 3. The van der Waals surface area contributed by atoms with Crippen LogP contribution in [0, 0.1) is 5.92 Å². The molecule has 2 rings (SSSR count). The number of hydrogen-bond donors (Lipinski definition) is 2. The topological polar surface area (TPSA) is 41.1 Å². The fourth-order valence-corrected chi connectivity index (χ4v) is 3.71. The molecule has 2 fully saturated rings. The maximum absolute atomic E-state index is 11.9. The molecule has 17 heavy (non-hydrogen) atoms. The van der Waals surface area contributed by atoms with E-state index in [9.17, 15) is 4.79 Å². The van der Waals surface area contributed by atoms with Crippen LogP contribution in [-0.4, -0.2) is 29.6 Å². The molecule has 3 nitrogen and oxygen atoms in total. The fourth-order valence-electron chi connectivity index (χ4n) is 2.76. The van der Waals surface area contributed by atoms with Crippen LogP contribution in [0.2, 0.25) is 0 Å². The van der Waals surface area contributed by atoms with Crippen molar-refractivity contribution in [1.29, 1.82) is 0 Å². The zero-order valence-corrected chi connectivity index (χ0v) is 11.5. The summed E-state index contributed by atoms with van der Waals surface area (Å²) in [5.74, 6) is 2.94. The van der Waals surface area contributed by atoms with E-state index in [2.05, 4.69) is 17.6 Å². The molecule has 1 aliphatic heterocycles. The van der Waals surface area contributed by atoms with Crippen LogP contribution < -0.4 is 10.6 Å². The zero-order valence-electron chi connectivity index (χ0n) is 10.7. The Morgan fingerprint density at radius 2 is 2.24 bits per heavy atom. The minimum Gasteiger partial charge on any atom is -0.352 e. The van der Waals surface area contributed by atoms with Crippen LogP contribution in [0.5, 0.6) is 0 Å². The number of carbonyl (C=O) groups is 1. The van der Waals surface area contributed by atoms with Crippen molar-refractivity contribution in [3.05, 3.63) is 0 Å². The lowest BCUT2D eigenvalue weighted by Gasteiger charge is -2.18. The van der Waals surface area contributed by atoms with Gasteiger partial charge < -0.3 is 5.32 Å². The van der Waals surface area contributed by atoms with Crippen LogP contribution in [0.15, 0.2) is 0 Å². The van der Waals surface area contributed by atoms with Gasteiger partial charge in [-0.15, -0.1) is 11.8 Å². The fraction of sp³-hybridized carbons (Fsp3) is 0.923. The van der Waals surface area contributed by atoms with Crippen LogP contribution in [0.3, 0.4) is 0 Å². The summed E-state index contributed by atoms with van der Waals surface area (Å²) in [6.45, 7) is 2.13. The third-order valence-electron chi connectivity index (χ3n) is 3.90. The average molecular weight is 256 g/mol. The highest BCUT2D eigenvalue weighted by molar-refractivity contribution is 7.99. The summed E-state index contributed by atoms with van der Waals surface area (Å²) in [6.07, 6.45) is 8.05. The van der Waals surface area contributed by atoms with E-state index >= 15 is 0 Å². The highest BCUT2D eigenvalue weighted by atomic mass is 32.2. The molecule has 4 heteroatoms. The molecular formula is C13H24N2OS. The van der Waals surface area contributed by atoms with Gasteiger partial charge >= 0.3 is 0 Å². The molecule has 0 spiro atoms. The average Bonchev–Trinajstić information content (AvgIpc) is 2.99. The Labute approximate surface area is 108 Å². The van der Waals surface area contributed by atoms with Gasteiger partial charge in [0.25, 0.3) is 0 Å². The van der Waals surface area contributed by atoms with Gasteiger partial charge in [-0.25, -0.2) is 0 Å². The van der Waals surface area contributed by atoms with E-state index in [-0.39, 0.29) is 11.9 Å². The van der Waals surface area contributed by atoms with Crippen molar-refractivity contribution in [1.82, 2.24) is 10.6 Å². The first-order chi connectivity index (χ1) is 8.25. The second-order valence-electron chi connectivity index (χ2n) is 5.41. The van der Waals surface area contributed by atoms with Gasteiger partial charge in [-0.2, -0.15) is 0 Å². The van der Waals surface area contributed by atoms with E-state index in [1.165, 1.54) is 32.1 Å². The Morgan fingerprint density at radius 3 is 2.88 bits per heavy atom. The predicted octanol–water partition coefficient (Wildman–Crippen LogP) is 2.12. The van der Waals surface area contributed by atoms with E-state index in [1.807, 2.05) is 0 Å². The number of nitrogens with one attached hydrogen (secondary N) is 2. The normalized spacial score (nSPS) is 27.2. The third kappa shape index (κ3) is 4.18. The van der Waals surface area contributed by atoms with Crippen molar-refractivity contribution in [3.63, 3.8) is 0 Å².